The highest BCUT2D eigenvalue weighted by molar-refractivity contribution is 5.30. The van der Waals surface area contributed by atoms with E-state index in [1.807, 2.05) is 6.07 Å². The molecule has 0 aliphatic carbocycles. The number of benzene rings is 1. The summed E-state index contributed by atoms with van der Waals surface area (Å²) in [5.41, 5.74) is 1.27. The van der Waals surface area contributed by atoms with E-state index in [-0.39, 0.29) is 6.10 Å². The summed E-state index contributed by atoms with van der Waals surface area (Å²) in [5, 5.41) is 3.41. The number of ether oxygens (including phenoxy) is 2. The van der Waals surface area contributed by atoms with Gasteiger partial charge in [0.05, 0.1) is 6.61 Å². The van der Waals surface area contributed by atoms with Gasteiger partial charge in [-0.1, -0.05) is 19.1 Å². The maximum atomic E-state index is 5.97. The monoisotopic (exact) mass is 249 g/mol. The third-order valence-corrected chi connectivity index (χ3v) is 3.29. The van der Waals surface area contributed by atoms with Crippen LogP contribution < -0.4 is 10.1 Å². The predicted octanol–water partition coefficient (Wildman–Crippen LogP) is 2.91. The molecule has 0 bridgehead atoms. The first kappa shape index (κ1) is 13.4. The molecule has 1 fully saturated rings. The van der Waals surface area contributed by atoms with E-state index in [2.05, 4.69) is 37.4 Å². The first-order valence-electron chi connectivity index (χ1n) is 6.87. The Balaban J connectivity index is 1.97. The van der Waals surface area contributed by atoms with Crippen molar-refractivity contribution in [1.29, 1.82) is 0 Å². The van der Waals surface area contributed by atoms with Crippen molar-refractivity contribution in [2.75, 3.05) is 19.8 Å². The van der Waals surface area contributed by atoms with Crippen molar-refractivity contribution in [2.24, 2.45) is 0 Å². The van der Waals surface area contributed by atoms with Crippen molar-refractivity contribution < 1.29 is 9.47 Å². The van der Waals surface area contributed by atoms with E-state index in [1.165, 1.54) is 5.56 Å². The molecule has 1 aromatic carbocycles. The fraction of sp³-hybridized carbons (Fsp3) is 0.600. The molecule has 1 aromatic rings. The molecule has 0 saturated carbocycles. The second kappa shape index (κ2) is 6.76. The molecule has 2 unspecified atom stereocenters. The number of hydrogen-bond acceptors (Lipinski definition) is 3. The summed E-state index contributed by atoms with van der Waals surface area (Å²) in [4.78, 5) is 0. The molecule has 3 nitrogen and oxygen atoms in total. The molecule has 1 heterocycles. The standard InChI is InChI=1S/C15H23NO2/c1-3-16-12(2)13-6-4-7-14(10-13)18-15-8-5-9-17-11-15/h4,6-7,10,12,15-16H,3,5,8-9,11H2,1-2H3. The van der Waals surface area contributed by atoms with E-state index in [4.69, 9.17) is 9.47 Å². The molecule has 1 saturated heterocycles. The Morgan fingerprint density at radius 3 is 3.11 bits per heavy atom. The summed E-state index contributed by atoms with van der Waals surface area (Å²) in [6.45, 7) is 6.86. The SMILES string of the molecule is CCNC(C)c1cccc(OC2CCCOC2)c1. The lowest BCUT2D eigenvalue weighted by molar-refractivity contribution is 0.00739. The van der Waals surface area contributed by atoms with Crippen LogP contribution in [0.3, 0.4) is 0 Å². The maximum Gasteiger partial charge on any atom is 0.122 e. The van der Waals surface area contributed by atoms with Gasteiger partial charge >= 0.3 is 0 Å². The fourth-order valence-corrected chi connectivity index (χ4v) is 2.28. The van der Waals surface area contributed by atoms with Gasteiger partial charge in [0, 0.05) is 12.6 Å². The molecule has 2 rings (SSSR count). The van der Waals surface area contributed by atoms with Crippen LogP contribution in [0.15, 0.2) is 24.3 Å². The number of nitrogens with one attached hydrogen (secondary N) is 1. The Hall–Kier alpha value is -1.06. The van der Waals surface area contributed by atoms with E-state index in [1.54, 1.807) is 0 Å². The topological polar surface area (TPSA) is 30.5 Å². The molecule has 1 N–H and O–H groups in total. The average molecular weight is 249 g/mol. The predicted molar refractivity (Wildman–Crippen MR) is 73.0 cm³/mol. The first-order valence-corrected chi connectivity index (χ1v) is 6.87. The molecule has 18 heavy (non-hydrogen) atoms. The second-order valence-electron chi connectivity index (χ2n) is 4.81. The van der Waals surface area contributed by atoms with Crippen LogP contribution in [0.1, 0.15) is 38.3 Å². The highest BCUT2D eigenvalue weighted by Gasteiger charge is 2.15. The molecule has 0 radical (unpaired) electrons. The third kappa shape index (κ3) is 3.72. The molecular formula is C15H23NO2. The van der Waals surface area contributed by atoms with E-state index in [0.29, 0.717) is 12.6 Å². The zero-order valence-corrected chi connectivity index (χ0v) is 11.3. The maximum absolute atomic E-state index is 5.97. The fourth-order valence-electron chi connectivity index (χ4n) is 2.28. The van der Waals surface area contributed by atoms with Crippen molar-refractivity contribution in [3.05, 3.63) is 29.8 Å². The Bertz CT molecular complexity index is 361. The van der Waals surface area contributed by atoms with Crippen LogP contribution in [-0.4, -0.2) is 25.9 Å². The van der Waals surface area contributed by atoms with E-state index < -0.39 is 0 Å². The quantitative estimate of drug-likeness (QED) is 0.870. The number of rotatable bonds is 5. The summed E-state index contributed by atoms with van der Waals surface area (Å²) < 4.78 is 11.4. The molecule has 100 valence electrons. The zero-order valence-electron chi connectivity index (χ0n) is 11.3. The van der Waals surface area contributed by atoms with Gasteiger partial charge in [0.25, 0.3) is 0 Å². The van der Waals surface area contributed by atoms with Crippen LogP contribution in [0, 0.1) is 0 Å². The van der Waals surface area contributed by atoms with Crippen LogP contribution in [0.25, 0.3) is 0 Å². The summed E-state index contributed by atoms with van der Waals surface area (Å²) >= 11 is 0. The molecule has 0 aromatic heterocycles. The summed E-state index contributed by atoms with van der Waals surface area (Å²) in [6, 6.07) is 8.71. The molecular weight excluding hydrogens is 226 g/mol. The van der Waals surface area contributed by atoms with Crippen molar-refractivity contribution in [3.8, 4) is 5.75 Å². The van der Waals surface area contributed by atoms with Gasteiger partial charge in [-0.25, -0.2) is 0 Å². The van der Waals surface area contributed by atoms with Crippen LogP contribution in [0.4, 0.5) is 0 Å². The van der Waals surface area contributed by atoms with Gasteiger partial charge in [0.2, 0.25) is 0 Å². The Kier molecular flexibility index (Phi) is 5.02. The minimum Gasteiger partial charge on any atom is -0.488 e. The molecule has 1 aliphatic rings. The Labute approximate surface area is 109 Å². The van der Waals surface area contributed by atoms with Gasteiger partial charge < -0.3 is 14.8 Å². The summed E-state index contributed by atoms with van der Waals surface area (Å²) in [6.07, 6.45) is 2.40. The van der Waals surface area contributed by atoms with Gasteiger partial charge in [-0.05, 0) is 44.0 Å². The van der Waals surface area contributed by atoms with Crippen LogP contribution in [0.5, 0.6) is 5.75 Å². The van der Waals surface area contributed by atoms with Gasteiger partial charge in [0.1, 0.15) is 11.9 Å². The molecule has 3 heteroatoms. The zero-order chi connectivity index (χ0) is 12.8. The normalized spacial score (nSPS) is 21.6. The first-order chi connectivity index (χ1) is 8.79. The van der Waals surface area contributed by atoms with Gasteiger partial charge in [0.15, 0.2) is 0 Å². The molecule has 0 spiro atoms. The van der Waals surface area contributed by atoms with Gasteiger partial charge in [-0.2, -0.15) is 0 Å². The van der Waals surface area contributed by atoms with E-state index in [9.17, 15) is 0 Å². The van der Waals surface area contributed by atoms with E-state index in [0.717, 1.165) is 31.7 Å². The van der Waals surface area contributed by atoms with Crippen molar-refractivity contribution in [1.82, 2.24) is 5.32 Å². The van der Waals surface area contributed by atoms with Gasteiger partial charge in [-0.15, -0.1) is 0 Å². The highest BCUT2D eigenvalue weighted by Crippen LogP contribution is 2.21. The van der Waals surface area contributed by atoms with Crippen LogP contribution in [0.2, 0.25) is 0 Å². The van der Waals surface area contributed by atoms with Crippen LogP contribution in [-0.2, 0) is 4.74 Å². The van der Waals surface area contributed by atoms with Crippen molar-refractivity contribution in [3.63, 3.8) is 0 Å². The lowest BCUT2D eigenvalue weighted by atomic mass is 10.1. The van der Waals surface area contributed by atoms with Gasteiger partial charge in [-0.3, -0.25) is 0 Å². The lowest BCUT2D eigenvalue weighted by Crippen LogP contribution is -2.28. The average Bonchev–Trinajstić information content (AvgIpc) is 2.40. The van der Waals surface area contributed by atoms with Crippen molar-refractivity contribution in [2.45, 2.75) is 38.8 Å². The van der Waals surface area contributed by atoms with E-state index >= 15 is 0 Å². The number of hydrogen-bond donors (Lipinski definition) is 1. The largest absolute Gasteiger partial charge is 0.488 e. The minimum atomic E-state index is 0.212. The smallest absolute Gasteiger partial charge is 0.122 e. The Morgan fingerprint density at radius 1 is 1.50 bits per heavy atom. The highest BCUT2D eigenvalue weighted by atomic mass is 16.5. The minimum absolute atomic E-state index is 0.212. The summed E-state index contributed by atoms with van der Waals surface area (Å²) in [5.74, 6) is 0.952. The third-order valence-electron chi connectivity index (χ3n) is 3.29. The second-order valence-corrected chi connectivity index (χ2v) is 4.81. The van der Waals surface area contributed by atoms with Crippen LogP contribution >= 0.6 is 0 Å². The molecule has 0 amide bonds. The lowest BCUT2D eigenvalue weighted by Gasteiger charge is -2.24. The Morgan fingerprint density at radius 2 is 2.39 bits per heavy atom. The summed E-state index contributed by atoms with van der Waals surface area (Å²) in [7, 11) is 0. The molecule has 2 atom stereocenters. The van der Waals surface area contributed by atoms with Crippen molar-refractivity contribution >= 4 is 0 Å². The molecule has 1 aliphatic heterocycles.